The fourth-order valence-electron chi connectivity index (χ4n) is 2.46. The van der Waals surface area contributed by atoms with E-state index in [0.717, 1.165) is 24.2 Å². The highest BCUT2D eigenvalue weighted by atomic mass is 16.5. The van der Waals surface area contributed by atoms with E-state index >= 15 is 0 Å². The van der Waals surface area contributed by atoms with Crippen LogP contribution < -0.4 is 20.9 Å². The monoisotopic (exact) mass is 289 g/mol. The molecular formula is C16H23N3O2. The van der Waals surface area contributed by atoms with Gasteiger partial charge in [0.15, 0.2) is 0 Å². The van der Waals surface area contributed by atoms with E-state index in [1.807, 2.05) is 24.3 Å². The average molecular weight is 289 g/mol. The minimum absolute atomic E-state index is 0.212. The van der Waals surface area contributed by atoms with Crippen LogP contribution in [0.4, 0.5) is 4.79 Å². The number of hydrogen-bond acceptors (Lipinski definition) is 3. The van der Waals surface area contributed by atoms with Gasteiger partial charge in [-0.15, -0.1) is 0 Å². The summed E-state index contributed by atoms with van der Waals surface area (Å²) in [5.41, 5.74) is 6.99. The fraction of sp³-hybridized carbons (Fsp3) is 0.438. The second-order valence-corrected chi connectivity index (χ2v) is 5.27. The van der Waals surface area contributed by atoms with E-state index in [-0.39, 0.29) is 12.1 Å². The van der Waals surface area contributed by atoms with Gasteiger partial charge < -0.3 is 10.1 Å². The SMILES string of the molecule is C=C(NNC(=O)NC1CCCCC1)c1ccc(OC)cc1. The van der Waals surface area contributed by atoms with Gasteiger partial charge in [0.2, 0.25) is 0 Å². The molecule has 0 aliphatic heterocycles. The fourth-order valence-corrected chi connectivity index (χ4v) is 2.46. The van der Waals surface area contributed by atoms with E-state index in [0.29, 0.717) is 5.70 Å². The van der Waals surface area contributed by atoms with Crippen LogP contribution in [-0.2, 0) is 0 Å². The lowest BCUT2D eigenvalue weighted by atomic mass is 9.96. The smallest absolute Gasteiger partial charge is 0.333 e. The maximum atomic E-state index is 11.8. The van der Waals surface area contributed by atoms with Gasteiger partial charge >= 0.3 is 6.03 Å². The Labute approximate surface area is 125 Å². The maximum Gasteiger partial charge on any atom is 0.333 e. The summed E-state index contributed by atoms with van der Waals surface area (Å²) in [6.45, 7) is 3.90. The molecule has 5 nitrogen and oxygen atoms in total. The predicted molar refractivity (Wildman–Crippen MR) is 83.7 cm³/mol. The van der Waals surface area contributed by atoms with E-state index in [4.69, 9.17) is 4.74 Å². The van der Waals surface area contributed by atoms with Crippen LogP contribution in [0, 0.1) is 0 Å². The van der Waals surface area contributed by atoms with Crippen molar-refractivity contribution in [2.75, 3.05) is 7.11 Å². The molecule has 5 heteroatoms. The number of carbonyl (C=O) groups excluding carboxylic acids is 1. The van der Waals surface area contributed by atoms with Crippen molar-refractivity contribution >= 4 is 11.7 Å². The first-order chi connectivity index (χ1) is 10.2. The van der Waals surface area contributed by atoms with E-state index in [9.17, 15) is 4.79 Å². The van der Waals surface area contributed by atoms with Crippen LogP contribution in [0.2, 0.25) is 0 Å². The Morgan fingerprint density at radius 2 is 1.81 bits per heavy atom. The second kappa shape index (κ2) is 7.57. The summed E-state index contributed by atoms with van der Waals surface area (Å²) < 4.78 is 5.10. The molecule has 1 aromatic rings. The predicted octanol–water partition coefficient (Wildman–Crippen LogP) is 2.80. The number of hydrazine groups is 1. The number of nitrogens with one attached hydrogen (secondary N) is 3. The number of methoxy groups -OCH3 is 1. The molecule has 2 amide bonds. The molecule has 0 aromatic heterocycles. The van der Waals surface area contributed by atoms with Crippen LogP contribution in [-0.4, -0.2) is 19.2 Å². The molecule has 0 heterocycles. The molecule has 2 rings (SSSR count). The van der Waals surface area contributed by atoms with Gasteiger partial charge in [-0.1, -0.05) is 25.8 Å². The Morgan fingerprint density at radius 1 is 1.14 bits per heavy atom. The van der Waals surface area contributed by atoms with Gasteiger partial charge in [0.1, 0.15) is 5.75 Å². The maximum absolute atomic E-state index is 11.8. The van der Waals surface area contributed by atoms with Crippen molar-refractivity contribution in [3.8, 4) is 5.75 Å². The van der Waals surface area contributed by atoms with Crippen molar-refractivity contribution in [1.29, 1.82) is 0 Å². The van der Waals surface area contributed by atoms with E-state index < -0.39 is 0 Å². The molecule has 0 radical (unpaired) electrons. The normalized spacial score (nSPS) is 15.1. The van der Waals surface area contributed by atoms with Crippen molar-refractivity contribution in [2.24, 2.45) is 0 Å². The molecular weight excluding hydrogens is 266 g/mol. The molecule has 114 valence electrons. The van der Waals surface area contributed by atoms with Gasteiger partial charge in [-0.05, 0) is 42.7 Å². The standard InChI is InChI=1S/C16H23N3O2/c1-12(13-8-10-15(21-2)11-9-13)18-19-16(20)17-14-6-4-3-5-7-14/h8-11,14,18H,1,3-7H2,2H3,(H2,17,19,20). The van der Waals surface area contributed by atoms with Crippen molar-refractivity contribution in [3.05, 3.63) is 36.4 Å². The highest BCUT2D eigenvalue weighted by Crippen LogP contribution is 2.17. The molecule has 3 N–H and O–H groups in total. The summed E-state index contributed by atoms with van der Waals surface area (Å²) in [5.74, 6) is 0.787. The van der Waals surface area contributed by atoms with Gasteiger partial charge in [-0.2, -0.15) is 0 Å². The summed E-state index contributed by atoms with van der Waals surface area (Å²) >= 11 is 0. The number of rotatable bonds is 5. The van der Waals surface area contributed by atoms with Crippen LogP contribution in [0.25, 0.3) is 5.70 Å². The molecule has 0 bridgehead atoms. The van der Waals surface area contributed by atoms with Crippen molar-refractivity contribution in [1.82, 2.24) is 16.2 Å². The third-order valence-electron chi connectivity index (χ3n) is 3.71. The summed E-state index contributed by atoms with van der Waals surface area (Å²) in [6.07, 6.45) is 5.78. The highest BCUT2D eigenvalue weighted by Gasteiger charge is 2.15. The molecule has 0 unspecified atom stereocenters. The van der Waals surface area contributed by atoms with E-state index in [2.05, 4.69) is 22.7 Å². The lowest BCUT2D eigenvalue weighted by Crippen LogP contribution is -2.47. The number of amides is 2. The van der Waals surface area contributed by atoms with Crippen molar-refractivity contribution in [2.45, 2.75) is 38.1 Å². The number of hydrogen-bond donors (Lipinski definition) is 3. The van der Waals surface area contributed by atoms with Crippen LogP contribution in [0.15, 0.2) is 30.8 Å². The molecule has 1 aromatic carbocycles. The third kappa shape index (κ3) is 4.70. The zero-order valence-electron chi connectivity index (χ0n) is 12.4. The first-order valence-corrected chi connectivity index (χ1v) is 7.35. The lowest BCUT2D eigenvalue weighted by molar-refractivity contribution is 0.230. The average Bonchev–Trinajstić information content (AvgIpc) is 2.53. The minimum atomic E-state index is -0.212. The Hall–Kier alpha value is -2.17. The molecule has 0 saturated heterocycles. The van der Waals surface area contributed by atoms with Gasteiger partial charge in [0.05, 0.1) is 12.8 Å². The largest absolute Gasteiger partial charge is 0.497 e. The van der Waals surface area contributed by atoms with Crippen molar-refractivity contribution in [3.63, 3.8) is 0 Å². The Balaban J connectivity index is 1.75. The van der Waals surface area contributed by atoms with Crippen LogP contribution in [0.1, 0.15) is 37.7 Å². The first kappa shape index (κ1) is 15.2. The summed E-state index contributed by atoms with van der Waals surface area (Å²) in [7, 11) is 1.62. The molecule has 1 aliphatic carbocycles. The Morgan fingerprint density at radius 3 is 2.43 bits per heavy atom. The minimum Gasteiger partial charge on any atom is -0.497 e. The summed E-state index contributed by atoms with van der Waals surface area (Å²) in [6, 6.07) is 7.55. The highest BCUT2D eigenvalue weighted by molar-refractivity contribution is 5.75. The van der Waals surface area contributed by atoms with Crippen molar-refractivity contribution < 1.29 is 9.53 Å². The molecule has 1 fully saturated rings. The molecule has 0 spiro atoms. The van der Waals surface area contributed by atoms with Crippen LogP contribution in [0.5, 0.6) is 5.75 Å². The Kier molecular flexibility index (Phi) is 5.49. The van der Waals surface area contributed by atoms with E-state index in [1.165, 1.54) is 19.3 Å². The van der Waals surface area contributed by atoms with Crippen LogP contribution in [0.3, 0.4) is 0 Å². The number of benzene rings is 1. The summed E-state index contributed by atoms with van der Waals surface area (Å²) in [5, 5.41) is 2.97. The van der Waals surface area contributed by atoms with Gasteiger partial charge in [0, 0.05) is 6.04 Å². The number of urea groups is 1. The van der Waals surface area contributed by atoms with Gasteiger partial charge in [-0.3, -0.25) is 10.9 Å². The zero-order chi connectivity index (χ0) is 15.1. The summed E-state index contributed by atoms with van der Waals surface area (Å²) in [4.78, 5) is 11.8. The number of ether oxygens (including phenoxy) is 1. The molecule has 0 atom stereocenters. The topological polar surface area (TPSA) is 62.4 Å². The lowest BCUT2D eigenvalue weighted by Gasteiger charge is -2.23. The quantitative estimate of drug-likeness (QED) is 0.730. The molecule has 1 saturated carbocycles. The zero-order valence-corrected chi connectivity index (χ0v) is 12.4. The van der Waals surface area contributed by atoms with Gasteiger partial charge in [-0.25, -0.2) is 4.79 Å². The Bertz CT molecular complexity index is 479. The van der Waals surface area contributed by atoms with Gasteiger partial charge in [0.25, 0.3) is 0 Å². The third-order valence-corrected chi connectivity index (χ3v) is 3.71. The molecule has 21 heavy (non-hydrogen) atoms. The number of carbonyl (C=O) groups is 1. The van der Waals surface area contributed by atoms with Crippen LogP contribution >= 0.6 is 0 Å². The van der Waals surface area contributed by atoms with E-state index in [1.54, 1.807) is 7.11 Å². The second-order valence-electron chi connectivity index (χ2n) is 5.27. The molecule has 1 aliphatic rings. The first-order valence-electron chi connectivity index (χ1n) is 7.35.